The maximum Gasteiger partial charge on any atom is 0.334 e. The Morgan fingerprint density at radius 3 is 2.42 bits per heavy atom. The largest absolute Gasteiger partial charge is 0.334 e. The van der Waals surface area contributed by atoms with Gasteiger partial charge < -0.3 is 9.05 Å². The van der Waals surface area contributed by atoms with Crippen molar-refractivity contribution in [2.75, 3.05) is 13.7 Å². The molecule has 142 valence electrons. The van der Waals surface area contributed by atoms with E-state index >= 15 is 0 Å². The van der Waals surface area contributed by atoms with Crippen LogP contribution >= 0.6 is 8.60 Å². The summed E-state index contributed by atoms with van der Waals surface area (Å²) in [7, 11) is -0.0631. The zero-order valence-electron chi connectivity index (χ0n) is 15.5. The Kier molecular flexibility index (Phi) is 7.72. The molecule has 1 aromatic carbocycles. The molecule has 2 aromatic rings. The molecule has 1 N–H and O–H groups in total. The summed E-state index contributed by atoms with van der Waals surface area (Å²) in [6.45, 7) is 6.07. The summed E-state index contributed by atoms with van der Waals surface area (Å²) in [4.78, 5) is 27.2. The highest BCUT2D eigenvalue weighted by Crippen LogP contribution is 2.38. The molecule has 0 aliphatic rings. The number of aromatic amines is 1. The van der Waals surface area contributed by atoms with E-state index in [4.69, 9.17) is 13.6 Å². The van der Waals surface area contributed by atoms with E-state index in [1.54, 1.807) is 0 Å². The van der Waals surface area contributed by atoms with Crippen molar-refractivity contribution in [1.29, 1.82) is 0 Å². The molecule has 0 saturated carbocycles. The SMILES string of the molecule is CCOP(OC)OCn1c(Cc2ccccc2)c(C(C)C)c(=O)[nH]c1=O. The summed E-state index contributed by atoms with van der Waals surface area (Å²) >= 11 is 0. The molecule has 0 amide bonds. The lowest BCUT2D eigenvalue weighted by molar-refractivity contribution is 0.147. The second-order valence-corrected chi connectivity index (χ2v) is 7.28. The Labute approximate surface area is 153 Å². The highest BCUT2D eigenvalue weighted by molar-refractivity contribution is 7.41. The molecule has 1 aromatic heterocycles. The number of benzene rings is 1. The van der Waals surface area contributed by atoms with Crippen LogP contribution in [0.25, 0.3) is 0 Å². The standard InChI is InChI=1S/C18H25N2O5P/c1-5-24-26(23-4)25-12-20-15(11-14-9-7-6-8-10-14)16(13(2)3)17(21)19-18(20)22/h6-10,13H,5,11-12H2,1-4H3,(H,19,21,22). The molecule has 1 unspecified atom stereocenters. The molecule has 1 heterocycles. The van der Waals surface area contributed by atoms with Crippen LogP contribution in [0.5, 0.6) is 0 Å². The second kappa shape index (κ2) is 9.78. The molecule has 0 bridgehead atoms. The average Bonchev–Trinajstić information content (AvgIpc) is 2.60. The first-order valence-electron chi connectivity index (χ1n) is 8.47. The van der Waals surface area contributed by atoms with E-state index in [0.717, 1.165) is 5.56 Å². The van der Waals surface area contributed by atoms with Gasteiger partial charge in [-0.15, -0.1) is 0 Å². The Bertz CT molecular complexity index is 817. The minimum atomic E-state index is -1.55. The van der Waals surface area contributed by atoms with Crippen LogP contribution < -0.4 is 11.2 Å². The van der Waals surface area contributed by atoms with Gasteiger partial charge in [0.1, 0.15) is 6.73 Å². The van der Waals surface area contributed by atoms with Crippen LogP contribution in [0, 0.1) is 0 Å². The molecule has 0 aliphatic heterocycles. The fourth-order valence-corrected chi connectivity index (χ4v) is 3.40. The molecule has 7 nitrogen and oxygen atoms in total. The molecule has 0 radical (unpaired) electrons. The monoisotopic (exact) mass is 380 g/mol. The van der Waals surface area contributed by atoms with Crippen LogP contribution in [0.15, 0.2) is 39.9 Å². The van der Waals surface area contributed by atoms with E-state index < -0.39 is 14.3 Å². The average molecular weight is 380 g/mol. The van der Waals surface area contributed by atoms with Gasteiger partial charge in [0, 0.05) is 24.8 Å². The van der Waals surface area contributed by atoms with Crippen molar-refractivity contribution < 1.29 is 13.6 Å². The maximum atomic E-state index is 12.4. The normalized spacial score (nSPS) is 12.5. The first kappa shape index (κ1) is 20.5. The third-order valence-corrected chi connectivity index (χ3v) is 4.91. The summed E-state index contributed by atoms with van der Waals surface area (Å²) in [6, 6.07) is 9.70. The third kappa shape index (κ3) is 5.11. The Hall–Kier alpha value is -1.79. The lowest BCUT2D eigenvalue weighted by atomic mass is 9.98. The molecular weight excluding hydrogens is 355 g/mol. The summed E-state index contributed by atoms with van der Waals surface area (Å²) in [5, 5.41) is 0. The van der Waals surface area contributed by atoms with Crippen molar-refractivity contribution in [2.45, 2.75) is 39.8 Å². The van der Waals surface area contributed by atoms with Crippen LogP contribution in [0.3, 0.4) is 0 Å². The van der Waals surface area contributed by atoms with Gasteiger partial charge in [-0.2, -0.15) is 0 Å². The van der Waals surface area contributed by atoms with Gasteiger partial charge in [0.2, 0.25) is 0 Å². The highest BCUT2D eigenvalue weighted by Gasteiger charge is 2.19. The van der Waals surface area contributed by atoms with Gasteiger partial charge in [-0.3, -0.25) is 18.9 Å². The van der Waals surface area contributed by atoms with Crippen LogP contribution in [-0.4, -0.2) is 23.3 Å². The zero-order valence-corrected chi connectivity index (χ0v) is 16.4. The molecular formula is C18H25N2O5P. The minimum Gasteiger partial charge on any atom is -0.316 e. The minimum absolute atomic E-state index is 0.0415. The van der Waals surface area contributed by atoms with E-state index in [2.05, 4.69) is 4.98 Å². The predicted molar refractivity (Wildman–Crippen MR) is 101 cm³/mol. The van der Waals surface area contributed by atoms with Crippen LogP contribution in [-0.2, 0) is 26.7 Å². The summed E-state index contributed by atoms with van der Waals surface area (Å²) < 4.78 is 17.5. The van der Waals surface area contributed by atoms with Gasteiger partial charge in [-0.05, 0) is 18.4 Å². The van der Waals surface area contributed by atoms with E-state index in [1.165, 1.54) is 11.7 Å². The number of nitrogens with zero attached hydrogens (tertiary/aromatic N) is 1. The highest BCUT2D eigenvalue weighted by atomic mass is 31.2. The molecule has 0 spiro atoms. The molecule has 1 atom stereocenters. The predicted octanol–water partition coefficient (Wildman–Crippen LogP) is 3.13. The number of nitrogens with one attached hydrogen (secondary N) is 1. The fourth-order valence-electron chi connectivity index (χ4n) is 2.70. The Morgan fingerprint density at radius 1 is 1.15 bits per heavy atom. The summed E-state index contributed by atoms with van der Waals surface area (Å²) in [6.07, 6.45) is 0.455. The van der Waals surface area contributed by atoms with Gasteiger partial charge in [0.25, 0.3) is 5.56 Å². The van der Waals surface area contributed by atoms with Crippen molar-refractivity contribution in [3.8, 4) is 0 Å². The number of hydrogen-bond acceptors (Lipinski definition) is 5. The Balaban J connectivity index is 2.46. The first-order valence-corrected chi connectivity index (χ1v) is 9.57. The lowest BCUT2D eigenvalue weighted by Crippen LogP contribution is -2.36. The molecule has 26 heavy (non-hydrogen) atoms. The van der Waals surface area contributed by atoms with Gasteiger partial charge in [0.15, 0.2) is 0 Å². The number of rotatable bonds is 9. The molecule has 0 fully saturated rings. The molecule has 0 aliphatic carbocycles. The number of hydrogen-bond donors (Lipinski definition) is 1. The number of H-pyrrole nitrogens is 1. The van der Waals surface area contributed by atoms with Crippen LogP contribution in [0.1, 0.15) is 43.5 Å². The Morgan fingerprint density at radius 2 is 1.85 bits per heavy atom. The van der Waals surface area contributed by atoms with Crippen LogP contribution in [0.4, 0.5) is 0 Å². The number of aromatic nitrogens is 2. The van der Waals surface area contributed by atoms with Crippen molar-refractivity contribution >= 4 is 8.60 Å². The lowest BCUT2D eigenvalue weighted by Gasteiger charge is -2.20. The van der Waals surface area contributed by atoms with E-state index in [0.29, 0.717) is 24.3 Å². The smallest absolute Gasteiger partial charge is 0.316 e. The summed E-state index contributed by atoms with van der Waals surface area (Å²) in [5.41, 5.74) is 1.36. The molecule has 2 rings (SSSR count). The molecule has 8 heteroatoms. The van der Waals surface area contributed by atoms with Gasteiger partial charge >= 0.3 is 14.3 Å². The quantitative estimate of drug-likeness (QED) is 0.676. The topological polar surface area (TPSA) is 82.6 Å². The van der Waals surface area contributed by atoms with Crippen molar-refractivity contribution in [3.05, 3.63) is 68.0 Å². The van der Waals surface area contributed by atoms with E-state index in [-0.39, 0.29) is 18.2 Å². The van der Waals surface area contributed by atoms with Gasteiger partial charge in [-0.25, -0.2) is 4.79 Å². The van der Waals surface area contributed by atoms with Crippen molar-refractivity contribution in [1.82, 2.24) is 9.55 Å². The summed E-state index contributed by atoms with van der Waals surface area (Å²) in [5.74, 6) is -0.0415. The van der Waals surface area contributed by atoms with E-state index in [1.807, 2.05) is 51.1 Å². The fraction of sp³-hybridized carbons (Fsp3) is 0.444. The maximum absolute atomic E-state index is 12.4. The van der Waals surface area contributed by atoms with Gasteiger partial charge in [-0.1, -0.05) is 44.2 Å². The van der Waals surface area contributed by atoms with Gasteiger partial charge in [0.05, 0.1) is 6.61 Å². The molecule has 0 saturated heterocycles. The second-order valence-electron chi connectivity index (χ2n) is 5.95. The first-order chi connectivity index (χ1) is 12.5. The third-order valence-electron chi connectivity index (χ3n) is 3.81. The van der Waals surface area contributed by atoms with Crippen molar-refractivity contribution in [3.63, 3.8) is 0 Å². The zero-order chi connectivity index (χ0) is 19.1. The van der Waals surface area contributed by atoms with E-state index in [9.17, 15) is 9.59 Å². The van der Waals surface area contributed by atoms with Crippen molar-refractivity contribution in [2.24, 2.45) is 0 Å². The van der Waals surface area contributed by atoms with Crippen LogP contribution in [0.2, 0.25) is 0 Å².